The quantitative estimate of drug-likeness (QED) is 0.611. The average Bonchev–Trinajstić information content (AvgIpc) is 2.75. The number of rotatable bonds is 2. The van der Waals surface area contributed by atoms with E-state index in [9.17, 15) is 14.7 Å². The average molecular weight is 444 g/mol. The second kappa shape index (κ2) is 7.66. The number of carbonyl (C=O) groups is 2. The van der Waals surface area contributed by atoms with Crippen molar-refractivity contribution in [1.82, 2.24) is 9.97 Å². The molecule has 3 amide bonds. The van der Waals surface area contributed by atoms with E-state index in [0.717, 1.165) is 4.90 Å². The number of hydrogen-bond acceptors (Lipinski definition) is 4. The lowest BCUT2D eigenvalue weighted by atomic mass is 9.95. The standard InChI is InChI=1S/C21H19ClFN5O3/c1-10-13(8-25-15-4-3-5-28(19(10)15)21(30)31)12-6-11-7-16(27(2)20(24)29)26-9-14(11)17(22)18(12)23/h6-9H,3-5H2,1-2H3,(H2,24,29)(H,30,31). The van der Waals surface area contributed by atoms with Crippen LogP contribution in [0.4, 0.5) is 25.5 Å². The van der Waals surface area contributed by atoms with Crippen molar-refractivity contribution < 1.29 is 19.1 Å². The van der Waals surface area contributed by atoms with Crippen molar-refractivity contribution in [2.24, 2.45) is 5.73 Å². The molecule has 8 nitrogen and oxygen atoms in total. The zero-order chi connectivity index (χ0) is 22.4. The molecule has 31 heavy (non-hydrogen) atoms. The summed E-state index contributed by atoms with van der Waals surface area (Å²) >= 11 is 6.31. The lowest BCUT2D eigenvalue weighted by Crippen LogP contribution is -2.35. The van der Waals surface area contributed by atoms with Crippen molar-refractivity contribution in [2.45, 2.75) is 19.8 Å². The van der Waals surface area contributed by atoms with Gasteiger partial charge >= 0.3 is 12.1 Å². The Morgan fingerprint density at radius 2 is 2.00 bits per heavy atom. The summed E-state index contributed by atoms with van der Waals surface area (Å²) in [5.74, 6) is -0.375. The van der Waals surface area contributed by atoms with Gasteiger partial charge in [-0.3, -0.25) is 14.8 Å². The Bertz CT molecular complexity index is 1250. The zero-order valence-electron chi connectivity index (χ0n) is 16.8. The normalized spacial score (nSPS) is 13.2. The topological polar surface area (TPSA) is 113 Å². The molecule has 0 atom stereocenters. The fraction of sp³-hybridized carbons (Fsp3) is 0.238. The van der Waals surface area contributed by atoms with Crippen molar-refractivity contribution in [3.05, 3.63) is 46.6 Å². The summed E-state index contributed by atoms with van der Waals surface area (Å²) in [6.45, 7) is 2.09. The highest BCUT2D eigenvalue weighted by molar-refractivity contribution is 6.36. The minimum absolute atomic E-state index is 0.125. The van der Waals surface area contributed by atoms with Crippen molar-refractivity contribution in [3.63, 3.8) is 0 Å². The molecule has 0 unspecified atom stereocenters. The maximum absolute atomic E-state index is 15.3. The summed E-state index contributed by atoms with van der Waals surface area (Å²) in [6, 6.07) is 2.48. The number of carbonyl (C=O) groups excluding carboxylic acids is 1. The Kier molecular flexibility index (Phi) is 5.14. The van der Waals surface area contributed by atoms with E-state index in [1.807, 2.05) is 0 Å². The van der Waals surface area contributed by atoms with Gasteiger partial charge in [0.2, 0.25) is 0 Å². The van der Waals surface area contributed by atoms with Gasteiger partial charge in [-0.15, -0.1) is 0 Å². The lowest BCUT2D eigenvalue weighted by molar-refractivity contribution is 0.201. The van der Waals surface area contributed by atoms with E-state index in [1.54, 1.807) is 19.1 Å². The molecule has 3 heterocycles. The first-order valence-corrected chi connectivity index (χ1v) is 9.88. The summed E-state index contributed by atoms with van der Waals surface area (Å²) in [5.41, 5.74) is 7.68. The Morgan fingerprint density at radius 3 is 2.68 bits per heavy atom. The number of amides is 3. The number of nitrogens with two attached hydrogens (primary N) is 1. The van der Waals surface area contributed by atoms with Crippen LogP contribution >= 0.6 is 11.6 Å². The molecular weight excluding hydrogens is 425 g/mol. The molecule has 2 aromatic heterocycles. The molecule has 1 aromatic carbocycles. The van der Waals surface area contributed by atoms with Crippen molar-refractivity contribution >= 4 is 46.0 Å². The molecule has 0 radical (unpaired) electrons. The van der Waals surface area contributed by atoms with Gasteiger partial charge in [0, 0.05) is 42.5 Å². The number of nitrogens with zero attached hydrogens (tertiary/aromatic N) is 4. The summed E-state index contributed by atoms with van der Waals surface area (Å²) in [6.07, 6.45) is 3.16. The molecule has 0 saturated heterocycles. The number of pyridine rings is 2. The molecular formula is C21H19ClFN5O3. The third kappa shape index (κ3) is 3.40. The number of primary amides is 1. The van der Waals surface area contributed by atoms with E-state index in [0.29, 0.717) is 52.7 Å². The second-order valence-corrected chi connectivity index (χ2v) is 7.72. The van der Waals surface area contributed by atoms with Crippen molar-refractivity contribution in [1.29, 1.82) is 0 Å². The van der Waals surface area contributed by atoms with Crippen LogP contribution in [-0.2, 0) is 6.42 Å². The van der Waals surface area contributed by atoms with E-state index in [1.165, 1.54) is 24.3 Å². The number of aromatic nitrogens is 2. The van der Waals surface area contributed by atoms with Crippen LogP contribution in [0.5, 0.6) is 0 Å². The largest absolute Gasteiger partial charge is 0.465 e. The van der Waals surface area contributed by atoms with Gasteiger partial charge in [0.05, 0.1) is 16.4 Å². The minimum atomic E-state index is -1.08. The molecule has 0 bridgehead atoms. The molecule has 0 fully saturated rings. The summed E-state index contributed by atoms with van der Waals surface area (Å²) in [4.78, 5) is 34.1. The number of aryl methyl sites for hydroxylation is 1. The Balaban J connectivity index is 1.94. The number of carboxylic acid groups (broad SMARTS) is 1. The molecule has 0 aliphatic carbocycles. The number of anilines is 2. The third-order valence-electron chi connectivity index (χ3n) is 5.53. The fourth-order valence-electron chi connectivity index (χ4n) is 3.87. The van der Waals surface area contributed by atoms with E-state index in [4.69, 9.17) is 17.3 Å². The van der Waals surface area contributed by atoms with Gasteiger partial charge < -0.3 is 10.8 Å². The first kappa shape index (κ1) is 20.8. The highest BCUT2D eigenvalue weighted by Gasteiger charge is 2.27. The molecule has 0 spiro atoms. The van der Waals surface area contributed by atoms with Crippen LogP contribution in [0.1, 0.15) is 17.7 Å². The van der Waals surface area contributed by atoms with Crippen LogP contribution < -0.4 is 15.5 Å². The summed E-state index contributed by atoms with van der Waals surface area (Å²) in [5, 5.41) is 10.4. The van der Waals surface area contributed by atoms with E-state index in [-0.39, 0.29) is 16.4 Å². The lowest BCUT2D eigenvalue weighted by Gasteiger charge is -2.29. The second-order valence-electron chi connectivity index (χ2n) is 7.34. The first-order chi connectivity index (χ1) is 14.7. The van der Waals surface area contributed by atoms with E-state index in [2.05, 4.69) is 9.97 Å². The highest BCUT2D eigenvalue weighted by Crippen LogP contribution is 2.40. The third-order valence-corrected chi connectivity index (χ3v) is 5.90. The van der Waals surface area contributed by atoms with Crippen LogP contribution in [0.15, 0.2) is 24.5 Å². The van der Waals surface area contributed by atoms with Crippen LogP contribution in [0.25, 0.3) is 21.9 Å². The fourth-order valence-corrected chi connectivity index (χ4v) is 4.13. The van der Waals surface area contributed by atoms with Gasteiger partial charge in [0.1, 0.15) is 11.6 Å². The monoisotopic (exact) mass is 443 g/mol. The van der Waals surface area contributed by atoms with Crippen molar-refractivity contribution in [2.75, 3.05) is 23.4 Å². The van der Waals surface area contributed by atoms with Gasteiger partial charge in [0.25, 0.3) is 0 Å². The number of benzene rings is 1. The Morgan fingerprint density at radius 1 is 1.26 bits per heavy atom. The van der Waals surface area contributed by atoms with Gasteiger partial charge in [-0.05, 0) is 42.8 Å². The van der Waals surface area contributed by atoms with Gasteiger partial charge in [0.15, 0.2) is 0 Å². The maximum atomic E-state index is 15.3. The van der Waals surface area contributed by atoms with Crippen LogP contribution in [-0.4, -0.2) is 40.8 Å². The molecule has 4 rings (SSSR count). The van der Waals surface area contributed by atoms with Crippen LogP contribution in [0, 0.1) is 12.7 Å². The van der Waals surface area contributed by atoms with Gasteiger partial charge in [-0.25, -0.2) is 19.0 Å². The Labute approximate surface area is 182 Å². The van der Waals surface area contributed by atoms with E-state index >= 15 is 4.39 Å². The van der Waals surface area contributed by atoms with E-state index < -0.39 is 17.9 Å². The van der Waals surface area contributed by atoms with Crippen LogP contribution in [0.2, 0.25) is 5.02 Å². The smallest absolute Gasteiger partial charge is 0.411 e. The van der Waals surface area contributed by atoms with Gasteiger partial charge in [-0.1, -0.05) is 11.6 Å². The molecule has 1 aliphatic rings. The SMILES string of the molecule is Cc1c(-c2cc3cc(N(C)C(N)=O)ncc3c(Cl)c2F)cnc2c1N(C(=O)O)CCC2. The number of urea groups is 1. The summed E-state index contributed by atoms with van der Waals surface area (Å²) in [7, 11) is 1.47. The number of halogens is 2. The zero-order valence-corrected chi connectivity index (χ0v) is 17.6. The molecule has 160 valence electrons. The highest BCUT2D eigenvalue weighted by atomic mass is 35.5. The predicted octanol–water partition coefficient (Wildman–Crippen LogP) is 4.34. The van der Waals surface area contributed by atoms with Crippen molar-refractivity contribution in [3.8, 4) is 11.1 Å². The Hall–Kier alpha value is -3.46. The summed E-state index contributed by atoms with van der Waals surface area (Å²) < 4.78 is 15.3. The molecule has 10 heteroatoms. The minimum Gasteiger partial charge on any atom is -0.465 e. The number of hydrogen-bond donors (Lipinski definition) is 2. The number of fused-ring (bicyclic) bond motifs is 2. The molecule has 3 N–H and O–H groups in total. The maximum Gasteiger partial charge on any atom is 0.411 e. The predicted molar refractivity (Wildman–Crippen MR) is 116 cm³/mol. The molecule has 1 aliphatic heterocycles. The van der Waals surface area contributed by atoms with Crippen LogP contribution in [0.3, 0.4) is 0 Å². The first-order valence-electron chi connectivity index (χ1n) is 9.51. The molecule has 0 saturated carbocycles. The van der Waals surface area contributed by atoms with Gasteiger partial charge in [-0.2, -0.15) is 0 Å². The molecule has 3 aromatic rings.